The Kier molecular flexibility index (Phi) is 6.15. The molecule has 0 fully saturated rings. The lowest BCUT2D eigenvalue weighted by Crippen LogP contribution is -2.46. The number of aliphatic hydroxyl groups excluding tert-OH is 2. The van der Waals surface area contributed by atoms with Gasteiger partial charge >= 0.3 is 6.29 Å². The Hall–Kier alpha value is -4.23. The maximum absolute atomic E-state index is 13.8. The van der Waals surface area contributed by atoms with Gasteiger partial charge in [0.1, 0.15) is 41.5 Å². The summed E-state index contributed by atoms with van der Waals surface area (Å²) in [6.45, 7) is 1.15. The Morgan fingerprint density at radius 3 is 2.62 bits per heavy atom. The van der Waals surface area contributed by atoms with Crippen molar-refractivity contribution in [3.8, 4) is 28.7 Å². The smallest absolute Gasteiger partial charge is 0.497 e. The summed E-state index contributed by atoms with van der Waals surface area (Å²) in [6.07, 6.45) is -2.48. The first-order valence-electron chi connectivity index (χ1n) is 12.4. The van der Waals surface area contributed by atoms with Crippen LogP contribution in [0.3, 0.4) is 0 Å². The van der Waals surface area contributed by atoms with Crippen molar-refractivity contribution in [3.05, 3.63) is 65.2 Å². The molecule has 4 atom stereocenters. The molecule has 3 N–H and O–H groups in total. The third kappa shape index (κ3) is 4.40. The van der Waals surface area contributed by atoms with E-state index in [1.54, 1.807) is 25.1 Å². The first kappa shape index (κ1) is 26.0. The van der Waals surface area contributed by atoms with Crippen LogP contribution >= 0.6 is 0 Å². The number of amides is 1. The Balaban J connectivity index is 1.29. The molecule has 40 heavy (non-hydrogen) atoms. The van der Waals surface area contributed by atoms with Crippen LogP contribution in [0.4, 0.5) is 8.78 Å². The first-order chi connectivity index (χ1) is 19.1. The number of rotatable bonds is 6. The Morgan fingerprint density at radius 2 is 1.93 bits per heavy atom. The van der Waals surface area contributed by atoms with Gasteiger partial charge in [0.05, 0.1) is 43.5 Å². The molecule has 3 aliphatic heterocycles. The molecule has 3 aliphatic rings. The van der Waals surface area contributed by atoms with Gasteiger partial charge in [0.15, 0.2) is 11.5 Å². The summed E-state index contributed by atoms with van der Waals surface area (Å²) in [5.74, 6) is 0.549. The molecular formula is C27H25F2N3O8. The number of carbonyl (C=O) groups is 1. The van der Waals surface area contributed by atoms with Gasteiger partial charge in [-0.1, -0.05) is 0 Å². The van der Waals surface area contributed by atoms with Crippen molar-refractivity contribution in [1.82, 2.24) is 15.3 Å². The Morgan fingerprint density at radius 1 is 1.15 bits per heavy atom. The highest BCUT2D eigenvalue weighted by Gasteiger charge is 2.49. The van der Waals surface area contributed by atoms with Crippen molar-refractivity contribution in [1.29, 1.82) is 0 Å². The molecule has 13 heteroatoms. The largest absolute Gasteiger partial charge is 0.586 e. The fourth-order valence-electron chi connectivity index (χ4n) is 5.01. The second-order valence-electron chi connectivity index (χ2n) is 9.92. The van der Waals surface area contributed by atoms with Gasteiger partial charge in [-0.05, 0) is 25.1 Å². The molecule has 0 radical (unpaired) electrons. The van der Waals surface area contributed by atoms with Crippen LogP contribution < -0.4 is 29.0 Å². The summed E-state index contributed by atoms with van der Waals surface area (Å²) in [4.78, 5) is 22.3. The van der Waals surface area contributed by atoms with Crippen LogP contribution in [-0.4, -0.2) is 52.7 Å². The van der Waals surface area contributed by atoms with Gasteiger partial charge in [0.2, 0.25) is 5.91 Å². The quantitative estimate of drug-likeness (QED) is 0.414. The summed E-state index contributed by atoms with van der Waals surface area (Å²) in [7, 11) is 1.53. The lowest BCUT2D eigenvalue weighted by atomic mass is 9.82. The van der Waals surface area contributed by atoms with E-state index in [2.05, 4.69) is 24.8 Å². The number of nitrogens with zero attached hydrogens (tertiary/aromatic N) is 2. The third-order valence-corrected chi connectivity index (χ3v) is 7.27. The lowest BCUT2D eigenvalue weighted by molar-refractivity contribution is -0.286. The maximum Gasteiger partial charge on any atom is 0.586 e. The minimum absolute atomic E-state index is 0.0182. The molecule has 0 bridgehead atoms. The number of ether oxygens (including phenoxy) is 5. The molecule has 2 aromatic carbocycles. The molecule has 6 rings (SSSR count). The summed E-state index contributed by atoms with van der Waals surface area (Å²) in [6, 6.07) is 7.37. The summed E-state index contributed by atoms with van der Waals surface area (Å²) >= 11 is 0. The molecule has 1 aromatic heterocycles. The van der Waals surface area contributed by atoms with Crippen LogP contribution in [0, 0.1) is 0 Å². The Bertz CT molecular complexity index is 1470. The first-order valence-corrected chi connectivity index (χ1v) is 12.4. The number of benzene rings is 2. The van der Waals surface area contributed by atoms with E-state index in [1.807, 2.05) is 0 Å². The summed E-state index contributed by atoms with van der Waals surface area (Å²) < 4.78 is 53.6. The highest BCUT2D eigenvalue weighted by atomic mass is 19.3. The molecule has 210 valence electrons. The standard InChI is InChI=1S/C27H25F2N3O8/c1-26(12-37-21-8-24-23(6-15(21)26)39-27(28,29)40-24)25(35)32-16-7-22(18-10-30-17(9-31-18)19(34)11-33)38-20-5-13(36-2)3-4-14(16)20/h3-6,8-10,16,19,22,33-34H,7,11-12H2,1-2H3,(H,32,35)/t16-,19+,22-,26?/m1/s1. The molecule has 0 spiro atoms. The second kappa shape index (κ2) is 9.45. The van der Waals surface area contributed by atoms with Crippen LogP contribution in [0.5, 0.6) is 28.7 Å². The van der Waals surface area contributed by atoms with Crippen LogP contribution in [0.2, 0.25) is 0 Å². The number of hydrogen-bond donors (Lipinski definition) is 3. The fourth-order valence-corrected chi connectivity index (χ4v) is 5.01. The molecule has 3 aromatic rings. The fraction of sp³-hybridized carbons (Fsp3) is 0.370. The molecule has 1 amide bonds. The minimum Gasteiger partial charge on any atom is -0.497 e. The van der Waals surface area contributed by atoms with E-state index < -0.39 is 42.5 Å². The van der Waals surface area contributed by atoms with Crippen molar-refractivity contribution in [2.45, 2.75) is 43.3 Å². The molecule has 1 unspecified atom stereocenters. The van der Waals surface area contributed by atoms with E-state index in [-0.39, 0.29) is 29.5 Å². The van der Waals surface area contributed by atoms with Crippen molar-refractivity contribution < 1.29 is 47.5 Å². The second-order valence-corrected chi connectivity index (χ2v) is 9.92. The molecule has 0 saturated heterocycles. The lowest BCUT2D eigenvalue weighted by Gasteiger charge is -2.34. The number of nitrogens with one attached hydrogen (secondary N) is 1. The topological polar surface area (TPSA) is 141 Å². The monoisotopic (exact) mass is 557 g/mol. The normalized spacial score (nSPS) is 24.2. The Labute approximate surface area is 226 Å². The van der Waals surface area contributed by atoms with E-state index in [0.717, 1.165) is 0 Å². The van der Waals surface area contributed by atoms with Crippen molar-refractivity contribution >= 4 is 5.91 Å². The highest BCUT2D eigenvalue weighted by Crippen LogP contribution is 2.50. The number of alkyl halides is 2. The SMILES string of the molecule is COc1ccc2c(c1)O[C@@H](c1cnc([C@@H](O)CO)cn1)C[C@H]2NC(=O)C1(C)COc2cc3c(cc21)OC(F)(F)O3. The zero-order chi connectivity index (χ0) is 28.2. The minimum atomic E-state index is -3.80. The predicted octanol–water partition coefficient (Wildman–Crippen LogP) is 2.86. The molecule has 0 saturated carbocycles. The van der Waals surface area contributed by atoms with E-state index in [9.17, 15) is 23.8 Å². The van der Waals surface area contributed by atoms with E-state index in [4.69, 9.17) is 14.2 Å². The molecule has 0 aliphatic carbocycles. The van der Waals surface area contributed by atoms with Crippen molar-refractivity contribution in [2.24, 2.45) is 0 Å². The van der Waals surface area contributed by atoms with E-state index >= 15 is 0 Å². The predicted molar refractivity (Wildman–Crippen MR) is 131 cm³/mol. The molecule has 11 nitrogen and oxygen atoms in total. The van der Waals surface area contributed by atoms with Gasteiger partial charge in [-0.3, -0.25) is 14.8 Å². The summed E-state index contributed by atoms with van der Waals surface area (Å²) in [5.41, 5.74) is 0.552. The van der Waals surface area contributed by atoms with Gasteiger partial charge < -0.3 is 39.2 Å². The zero-order valence-electron chi connectivity index (χ0n) is 21.4. The van der Waals surface area contributed by atoms with Crippen molar-refractivity contribution in [3.63, 3.8) is 0 Å². The number of halogens is 2. The number of carbonyl (C=O) groups excluding carboxylic acids is 1. The van der Waals surface area contributed by atoms with Crippen molar-refractivity contribution in [2.75, 3.05) is 20.3 Å². The van der Waals surface area contributed by atoms with Gasteiger partial charge in [0, 0.05) is 29.7 Å². The number of hydrogen-bond acceptors (Lipinski definition) is 10. The zero-order valence-corrected chi connectivity index (χ0v) is 21.4. The maximum atomic E-state index is 13.8. The average Bonchev–Trinajstić information content (AvgIpc) is 3.45. The van der Waals surface area contributed by atoms with Crippen LogP contribution in [0.15, 0.2) is 42.7 Å². The number of methoxy groups -OCH3 is 1. The van der Waals surface area contributed by atoms with Gasteiger partial charge in [-0.25, -0.2) is 0 Å². The average molecular weight is 558 g/mol. The number of fused-ring (bicyclic) bond motifs is 3. The van der Waals surface area contributed by atoms with Gasteiger partial charge in [-0.15, -0.1) is 8.78 Å². The van der Waals surface area contributed by atoms with Crippen LogP contribution in [0.25, 0.3) is 0 Å². The number of aromatic nitrogens is 2. The van der Waals surface area contributed by atoms with Gasteiger partial charge in [0.25, 0.3) is 0 Å². The molecule has 4 heterocycles. The number of aliphatic hydroxyl groups is 2. The van der Waals surface area contributed by atoms with Gasteiger partial charge in [-0.2, -0.15) is 0 Å². The van der Waals surface area contributed by atoms with Crippen LogP contribution in [-0.2, 0) is 10.2 Å². The van der Waals surface area contributed by atoms with Crippen LogP contribution in [0.1, 0.15) is 54.1 Å². The summed E-state index contributed by atoms with van der Waals surface area (Å²) in [5, 5.41) is 22.1. The highest BCUT2D eigenvalue weighted by molar-refractivity contribution is 5.90. The third-order valence-electron chi connectivity index (χ3n) is 7.27. The van der Waals surface area contributed by atoms with E-state index in [1.165, 1.54) is 31.6 Å². The molecular weight excluding hydrogens is 532 g/mol. The van der Waals surface area contributed by atoms with E-state index in [0.29, 0.717) is 34.7 Å².